The first-order valence-corrected chi connectivity index (χ1v) is 9.90. The molecule has 0 atom stereocenters. The molecule has 0 saturated heterocycles. The summed E-state index contributed by atoms with van der Waals surface area (Å²) in [5, 5.41) is 2.21. The normalized spacial score (nSPS) is 11.1. The van der Waals surface area contributed by atoms with Crippen LogP contribution in [0.5, 0.6) is 5.75 Å². The Hall–Kier alpha value is -2.17. The number of pyridine rings is 1. The highest BCUT2D eigenvalue weighted by molar-refractivity contribution is 7.14. The first kappa shape index (κ1) is 18.6. The largest absolute Gasteiger partial charge is 0.466 e. The predicted molar refractivity (Wildman–Crippen MR) is 109 cm³/mol. The fourth-order valence-electron chi connectivity index (χ4n) is 2.92. The van der Waals surface area contributed by atoms with Gasteiger partial charge >= 0.3 is 0 Å². The summed E-state index contributed by atoms with van der Waals surface area (Å²) in [5.74, 6) is 1.51. The maximum Gasteiger partial charge on any atom is 0.189 e. The van der Waals surface area contributed by atoms with Gasteiger partial charge in [0.15, 0.2) is 6.79 Å². The van der Waals surface area contributed by atoms with Gasteiger partial charge in [0.1, 0.15) is 5.75 Å². The SMILES string of the molecule is CCOCOc1c(CC(C)C)csc1-c1ccccc1-c1ccccn1. The van der Waals surface area contributed by atoms with E-state index in [0.717, 1.165) is 33.9 Å². The lowest BCUT2D eigenvalue weighted by molar-refractivity contribution is 0.0224. The van der Waals surface area contributed by atoms with Crippen molar-refractivity contribution in [1.82, 2.24) is 4.98 Å². The molecule has 0 saturated carbocycles. The zero-order chi connectivity index (χ0) is 18.4. The molecule has 0 aliphatic rings. The molecular weight excluding hydrogens is 342 g/mol. The van der Waals surface area contributed by atoms with Gasteiger partial charge in [0.25, 0.3) is 0 Å². The molecular formula is C22H25NO2S. The Labute approximate surface area is 159 Å². The van der Waals surface area contributed by atoms with Crippen molar-refractivity contribution >= 4 is 11.3 Å². The van der Waals surface area contributed by atoms with Gasteiger partial charge in [0.05, 0.1) is 10.6 Å². The fraction of sp³-hybridized carbons (Fsp3) is 0.318. The molecule has 136 valence electrons. The van der Waals surface area contributed by atoms with Crippen LogP contribution in [0.2, 0.25) is 0 Å². The molecule has 3 rings (SSSR count). The molecule has 26 heavy (non-hydrogen) atoms. The second kappa shape index (κ2) is 8.97. The Kier molecular flexibility index (Phi) is 6.42. The predicted octanol–water partition coefficient (Wildman–Crippen LogP) is 6.05. The molecule has 4 heteroatoms. The third-order valence-corrected chi connectivity index (χ3v) is 5.09. The molecule has 0 N–H and O–H groups in total. The van der Waals surface area contributed by atoms with Crippen LogP contribution in [0.4, 0.5) is 0 Å². The third kappa shape index (κ3) is 4.32. The number of hydrogen-bond donors (Lipinski definition) is 0. The van der Waals surface area contributed by atoms with E-state index >= 15 is 0 Å². The smallest absolute Gasteiger partial charge is 0.189 e. The first-order valence-electron chi connectivity index (χ1n) is 9.02. The minimum atomic E-state index is 0.275. The summed E-state index contributed by atoms with van der Waals surface area (Å²) in [6.07, 6.45) is 2.82. The van der Waals surface area contributed by atoms with E-state index in [4.69, 9.17) is 9.47 Å². The number of ether oxygens (including phenoxy) is 2. The van der Waals surface area contributed by atoms with Crippen molar-refractivity contribution < 1.29 is 9.47 Å². The van der Waals surface area contributed by atoms with Crippen LogP contribution in [0.3, 0.4) is 0 Å². The standard InChI is InChI=1S/C22H25NO2S/c1-4-24-15-25-21-17(13-16(2)3)14-26-22(21)19-10-6-5-9-18(19)20-11-7-8-12-23-20/h5-12,14,16H,4,13,15H2,1-3H3. The zero-order valence-electron chi connectivity index (χ0n) is 15.6. The molecule has 0 spiro atoms. The molecule has 0 fully saturated rings. The van der Waals surface area contributed by atoms with Gasteiger partial charge in [-0.1, -0.05) is 44.2 Å². The molecule has 1 aromatic carbocycles. The molecule has 3 nitrogen and oxygen atoms in total. The lowest BCUT2D eigenvalue weighted by Crippen LogP contribution is -2.05. The van der Waals surface area contributed by atoms with Gasteiger partial charge < -0.3 is 9.47 Å². The maximum absolute atomic E-state index is 6.06. The van der Waals surface area contributed by atoms with Crippen LogP contribution in [0.1, 0.15) is 26.3 Å². The second-order valence-corrected chi connectivity index (χ2v) is 7.41. The lowest BCUT2D eigenvalue weighted by atomic mass is 9.99. The van der Waals surface area contributed by atoms with E-state index in [1.54, 1.807) is 11.3 Å². The zero-order valence-corrected chi connectivity index (χ0v) is 16.4. The fourth-order valence-corrected chi connectivity index (χ4v) is 3.98. The average Bonchev–Trinajstić information content (AvgIpc) is 3.04. The summed E-state index contributed by atoms with van der Waals surface area (Å²) < 4.78 is 11.5. The van der Waals surface area contributed by atoms with Crippen molar-refractivity contribution in [3.05, 3.63) is 59.6 Å². The number of rotatable bonds is 8. The summed E-state index contributed by atoms with van der Waals surface area (Å²) in [5.41, 5.74) is 4.48. The van der Waals surface area contributed by atoms with Crippen LogP contribution < -0.4 is 4.74 Å². The number of thiophene rings is 1. The van der Waals surface area contributed by atoms with Crippen LogP contribution in [0.15, 0.2) is 54.0 Å². The van der Waals surface area contributed by atoms with E-state index in [0.29, 0.717) is 12.5 Å². The molecule has 0 bridgehead atoms. The summed E-state index contributed by atoms with van der Waals surface area (Å²) in [4.78, 5) is 5.67. The van der Waals surface area contributed by atoms with Crippen LogP contribution in [-0.4, -0.2) is 18.4 Å². The van der Waals surface area contributed by atoms with Crippen LogP contribution in [0.25, 0.3) is 21.7 Å². The average molecular weight is 368 g/mol. The molecule has 0 aliphatic heterocycles. The number of hydrogen-bond acceptors (Lipinski definition) is 4. The van der Waals surface area contributed by atoms with Gasteiger partial charge in [0, 0.05) is 29.5 Å². The van der Waals surface area contributed by atoms with Crippen molar-refractivity contribution in [2.24, 2.45) is 5.92 Å². The van der Waals surface area contributed by atoms with Crippen LogP contribution >= 0.6 is 11.3 Å². The van der Waals surface area contributed by atoms with E-state index in [9.17, 15) is 0 Å². The van der Waals surface area contributed by atoms with E-state index in [1.807, 2.05) is 31.3 Å². The third-order valence-electron chi connectivity index (χ3n) is 4.05. The Balaban J connectivity index is 2.05. The van der Waals surface area contributed by atoms with Gasteiger partial charge in [-0.2, -0.15) is 0 Å². The van der Waals surface area contributed by atoms with Crippen molar-refractivity contribution in [3.8, 4) is 27.4 Å². The lowest BCUT2D eigenvalue weighted by Gasteiger charge is -2.13. The van der Waals surface area contributed by atoms with Gasteiger partial charge in [-0.15, -0.1) is 11.3 Å². The van der Waals surface area contributed by atoms with E-state index in [2.05, 4.69) is 48.5 Å². The van der Waals surface area contributed by atoms with Crippen molar-refractivity contribution in [1.29, 1.82) is 0 Å². The second-order valence-electron chi connectivity index (χ2n) is 6.53. The number of benzene rings is 1. The Morgan fingerprint density at radius 1 is 1.04 bits per heavy atom. The van der Waals surface area contributed by atoms with Gasteiger partial charge in [-0.05, 0) is 36.8 Å². The van der Waals surface area contributed by atoms with Crippen LogP contribution in [-0.2, 0) is 11.2 Å². The van der Waals surface area contributed by atoms with Crippen molar-refractivity contribution in [2.45, 2.75) is 27.2 Å². The molecule has 0 unspecified atom stereocenters. The minimum absolute atomic E-state index is 0.275. The monoisotopic (exact) mass is 367 g/mol. The van der Waals surface area contributed by atoms with E-state index in [-0.39, 0.29) is 6.79 Å². The van der Waals surface area contributed by atoms with Crippen molar-refractivity contribution in [2.75, 3.05) is 13.4 Å². The summed E-state index contributed by atoms with van der Waals surface area (Å²) in [6.45, 7) is 7.35. The number of nitrogens with zero attached hydrogens (tertiary/aromatic N) is 1. The minimum Gasteiger partial charge on any atom is -0.466 e. The van der Waals surface area contributed by atoms with E-state index < -0.39 is 0 Å². The Morgan fingerprint density at radius 3 is 2.50 bits per heavy atom. The molecule has 0 aliphatic carbocycles. The van der Waals surface area contributed by atoms with Crippen LogP contribution in [0, 0.1) is 5.92 Å². The highest BCUT2D eigenvalue weighted by Crippen LogP contribution is 2.43. The Bertz CT molecular complexity index is 827. The quantitative estimate of drug-likeness (QED) is 0.359. The first-order chi connectivity index (χ1) is 12.7. The summed E-state index contributed by atoms with van der Waals surface area (Å²) in [6, 6.07) is 14.4. The molecule has 0 amide bonds. The molecule has 2 heterocycles. The molecule has 0 radical (unpaired) electrons. The maximum atomic E-state index is 6.06. The van der Waals surface area contributed by atoms with E-state index in [1.165, 1.54) is 5.56 Å². The molecule has 2 aromatic heterocycles. The van der Waals surface area contributed by atoms with Gasteiger partial charge in [0.2, 0.25) is 0 Å². The summed E-state index contributed by atoms with van der Waals surface area (Å²) in [7, 11) is 0. The number of aromatic nitrogens is 1. The molecule has 3 aromatic rings. The Morgan fingerprint density at radius 2 is 1.81 bits per heavy atom. The summed E-state index contributed by atoms with van der Waals surface area (Å²) >= 11 is 1.73. The van der Waals surface area contributed by atoms with Gasteiger partial charge in [-0.3, -0.25) is 4.98 Å². The highest BCUT2D eigenvalue weighted by atomic mass is 32.1. The van der Waals surface area contributed by atoms with Gasteiger partial charge in [-0.25, -0.2) is 0 Å². The topological polar surface area (TPSA) is 31.4 Å². The van der Waals surface area contributed by atoms with Crippen molar-refractivity contribution in [3.63, 3.8) is 0 Å². The highest BCUT2D eigenvalue weighted by Gasteiger charge is 2.19.